The van der Waals surface area contributed by atoms with Gasteiger partial charge >= 0.3 is 0 Å². The highest BCUT2D eigenvalue weighted by Gasteiger charge is 2.07. The molecule has 0 fully saturated rings. The lowest BCUT2D eigenvalue weighted by Crippen LogP contribution is -2.00. The van der Waals surface area contributed by atoms with Gasteiger partial charge in [-0.25, -0.2) is 4.39 Å². The molecule has 0 unspecified atom stereocenters. The van der Waals surface area contributed by atoms with Crippen LogP contribution in [0.15, 0.2) is 57.9 Å². The van der Waals surface area contributed by atoms with Gasteiger partial charge in [0.25, 0.3) is 0 Å². The molecule has 0 aliphatic heterocycles. The van der Waals surface area contributed by atoms with Gasteiger partial charge in [0.2, 0.25) is 0 Å². The highest BCUT2D eigenvalue weighted by atomic mass is 79.9. The van der Waals surface area contributed by atoms with Gasteiger partial charge in [0.05, 0.1) is 0 Å². The molecular weight excluding hydrogens is 327 g/mol. The third-order valence-electron chi connectivity index (χ3n) is 2.59. The van der Waals surface area contributed by atoms with Crippen LogP contribution in [0, 0.1) is 5.82 Å². The van der Waals surface area contributed by atoms with Crippen molar-refractivity contribution in [3.63, 3.8) is 0 Å². The second-order valence-corrected chi connectivity index (χ2v) is 5.95. The third kappa shape index (κ3) is 4.18. The van der Waals surface area contributed by atoms with Gasteiger partial charge in [0, 0.05) is 27.1 Å². The van der Waals surface area contributed by atoms with Gasteiger partial charge in [-0.3, -0.25) is 4.79 Å². The summed E-state index contributed by atoms with van der Waals surface area (Å²) in [7, 11) is 0. The summed E-state index contributed by atoms with van der Waals surface area (Å²) >= 11 is 5.10. The van der Waals surface area contributed by atoms with Crippen LogP contribution in [0.5, 0.6) is 0 Å². The van der Waals surface area contributed by atoms with Crippen molar-refractivity contribution in [3.05, 3.63) is 64.4 Å². The summed E-state index contributed by atoms with van der Waals surface area (Å²) in [6.07, 6.45) is 0.442. The van der Waals surface area contributed by atoms with Crippen LogP contribution in [0.25, 0.3) is 0 Å². The Balaban J connectivity index is 1.88. The van der Waals surface area contributed by atoms with Crippen molar-refractivity contribution in [2.75, 3.05) is 5.75 Å². The van der Waals surface area contributed by atoms with Crippen LogP contribution in [0.2, 0.25) is 0 Å². The molecule has 0 aromatic heterocycles. The van der Waals surface area contributed by atoms with E-state index in [1.54, 1.807) is 11.8 Å². The first-order chi connectivity index (χ1) is 9.16. The van der Waals surface area contributed by atoms with Gasteiger partial charge < -0.3 is 0 Å². The lowest BCUT2D eigenvalue weighted by Gasteiger charge is -2.04. The molecule has 0 saturated carbocycles. The van der Waals surface area contributed by atoms with E-state index < -0.39 is 0 Å². The molecule has 0 radical (unpaired) electrons. The smallest absolute Gasteiger partial charge is 0.163 e. The Kier molecular flexibility index (Phi) is 5.16. The average molecular weight is 339 g/mol. The third-order valence-corrected chi connectivity index (χ3v) is 4.62. The summed E-state index contributed by atoms with van der Waals surface area (Å²) in [4.78, 5) is 13.0. The lowest BCUT2D eigenvalue weighted by molar-refractivity contribution is 0.0989. The predicted molar refractivity (Wildman–Crippen MR) is 80.2 cm³/mol. The summed E-state index contributed by atoms with van der Waals surface area (Å²) in [5.41, 5.74) is 0.564. The molecule has 2 aromatic carbocycles. The second-order valence-electron chi connectivity index (χ2n) is 3.96. The van der Waals surface area contributed by atoms with Gasteiger partial charge in [-0.15, -0.1) is 11.8 Å². The maximum absolute atomic E-state index is 12.7. The average Bonchev–Trinajstić information content (AvgIpc) is 2.41. The predicted octanol–water partition coefficient (Wildman–Crippen LogP) is 4.95. The Morgan fingerprint density at radius 1 is 1.11 bits per heavy atom. The summed E-state index contributed by atoms with van der Waals surface area (Å²) in [5, 5.41) is 0. The fourth-order valence-corrected chi connectivity index (χ4v) is 3.11. The topological polar surface area (TPSA) is 17.1 Å². The molecule has 0 N–H and O–H groups in total. The number of halogens is 2. The first-order valence-corrected chi connectivity index (χ1v) is 7.61. The SMILES string of the molecule is O=C(CCSc1ccccc1Br)c1ccc(F)cc1. The molecule has 0 saturated heterocycles. The van der Waals surface area contributed by atoms with E-state index in [1.807, 2.05) is 24.3 Å². The zero-order valence-corrected chi connectivity index (χ0v) is 12.5. The molecule has 19 heavy (non-hydrogen) atoms. The highest BCUT2D eigenvalue weighted by molar-refractivity contribution is 9.10. The number of Topliss-reactive ketones (excluding diaryl/α,β-unsaturated/α-hetero) is 1. The normalized spacial score (nSPS) is 10.4. The van der Waals surface area contributed by atoms with Crippen molar-refractivity contribution in [1.82, 2.24) is 0 Å². The molecule has 2 rings (SSSR count). The molecule has 98 valence electrons. The Morgan fingerprint density at radius 3 is 2.47 bits per heavy atom. The molecular formula is C15H12BrFOS. The highest BCUT2D eigenvalue weighted by Crippen LogP contribution is 2.27. The standard InChI is InChI=1S/C15H12BrFOS/c16-13-3-1-2-4-15(13)19-10-9-14(18)11-5-7-12(17)8-6-11/h1-8H,9-10H2. The summed E-state index contributed by atoms with van der Waals surface area (Å²) < 4.78 is 13.8. The van der Waals surface area contributed by atoms with Crippen LogP contribution < -0.4 is 0 Å². The molecule has 1 nitrogen and oxygen atoms in total. The maximum Gasteiger partial charge on any atom is 0.163 e. The van der Waals surface area contributed by atoms with Gasteiger partial charge in [-0.2, -0.15) is 0 Å². The van der Waals surface area contributed by atoms with Crippen LogP contribution >= 0.6 is 27.7 Å². The van der Waals surface area contributed by atoms with Gasteiger partial charge in [-0.1, -0.05) is 12.1 Å². The van der Waals surface area contributed by atoms with E-state index in [-0.39, 0.29) is 11.6 Å². The molecule has 4 heteroatoms. The summed E-state index contributed by atoms with van der Waals surface area (Å²) in [5.74, 6) is 0.428. The minimum absolute atomic E-state index is 0.0413. The number of ketones is 1. The van der Waals surface area contributed by atoms with Crippen LogP contribution in [0.4, 0.5) is 4.39 Å². The fourth-order valence-electron chi connectivity index (χ4n) is 1.60. The number of carbonyl (C=O) groups excluding carboxylic acids is 1. The van der Waals surface area contributed by atoms with Crippen LogP contribution in [0.3, 0.4) is 0 Å². The largest absolute Gasteiger partial charge is 0.294 e. The van der Waals surface area contributed by atoms with Crippen molar-refractivity contribution in [2.45, 2.75) is 11.3 Å². The molecule has 0 amide bonds. The molecule has 0 bridgehead atoms. The molecule has 0 aliphatic rings. The fraction of sp³-hybridized carbons (Fsp3) is 0.133. The molecule has 0 spiro atoms. The minimum atomic E-state index is -0.320. The number of thioether (sulfide) groups is 1. The molecule has 0 aliphatic carbocycles. The first kappa shape index (κ1) is 14.3. The quantitative estimate of drug-likeness (QED) is 0.566. The maximum atomic E-state index is 12.7. The second kappa shape index (κ2) is 6.87. The number of rotatable bonds is 5. The van der Waals surface area contributed by atoms with Crippen molar-refractivity contribution >= 4 is 33.5 Å². The number of carbonyl (C=O) groups is 1. The van der Waals surface area contributed by atoms with Crippen LogP contribution in [0.1, 0.15) is 16.8 Å². The lowest BCUT2D eigenvalue weighted by atomic mass is 10.1. The van der Waals surface area contributed by atoms with Crippen molar-refractivity contribution in [1.29, 1.82) is 0 Å². The van der Waals surface area contributed by atoms with Crippen molar-refractivity contribution < 1.29 is 9.18 Å². The Labute approximate surface area is 124 Å². The minimum Gasteiger partial charge on any atom is -0.294 e. The Hall–Kier alpha value is -1.13. The Morgan fingerprint density at radius 2 is 1.79 bits per heavy atom. The summed E-state index contributed by atoms with van der Waals surface area (Å²) in [6.45, 7) is 0. The van der Waals surface area contributed by atoms with Crippen LogP contribution in [-0.2, 0) is 0 Å². The zero-order valence-electron chi connectivity index (χ0n) is 10.1. The monoisotopic (exact) mass is 338 g/mol. The Bertz CT molecular complexity index is 569. The van der Waals surface area contributed by atoms with Gasteiger partial charge in [-0.05, 0) is 52.3 Å². The van der Waals surface area contributed by atoms with E-state index >= 15 is 0 Å². The van der Waals surface area contributed by atoms with Crippen LogP contribution in [-0.4, -0.2) is 11.5 Å². The van der Waals surface area contributed by atoms with E-state index in [0.717, 1.165) is 9.37 Å². The van der Waals surface area contributed by atoms with Crippen molar-refractivity contribution in [2.24, 2.45) is 0 Å². The molecule has 2 aromatic rings. The van der Waals surface area contributed by atoms with E-state index in [4.69, 9.17) is 0 Å². The zero-order chi connectivity index (χ0) is 13.7. The number of benzene rings is 2. The van der Waals surface area contributed by atoms with E-state index in [1.165, 1.54) is 24.3 Å². The van der Waals surface area contributed by atoms with Crippen molar-refractivity contribution in [3.8, 4) is 0 Å². The van der Waals surface area contributed by atoms with E-state index in [0.29, 0.717) is 17.7 Å². The number of hydrogen-bond donors (Lipinski definition) is 0. The van der Waals surface area contributed by atoms with E-state index in [2.05, 4.69) is 15.9 Å². The number of hydrogen-bond acceptors (Lipinski definition) is 2. The molecule has 0 heterocycles. The van der Waals surface area contributed by atoms with Gasteiger partial charge in [0.15, 0.2) is 5.78 Å². The van der Waals surface area contributed by atoms with E-state index in [9.17, 15) is 9.18 Å². The first-order valence-electron chi connectivity index (χ1n) is 5.83. The summed E-state index contributed by atoms with van der Waals surface area (Å²) in [6, 6.07) is 13.6. The molecule has 0 atom stereocenters. The van der Waals surface area contributed by atoms with Gasteiger partial charge in [0.1, 0.15) is 5.82 Å².